The van der Waals surface area contributed by atoms with Crippen LogP contribution in [-0.2, 0) is 22.5 Å². The molecule has 0 fully saturated rings. The van der Waals surface area contributed by atoms with Crippen molar-refractivity contribution in [3.63, 3.8) is 0 Å². The largest absolute Gasteiger partial charge is 0.378 e. The summed E-state index contributed by atoms with van der Waals surface area (Å²) in [5.41, 5.74) is 2.78. The molecule has 0 saturated carbocycles. The van der Waals surface area contributed by atoms with Crippen LogP contribution < -0.4 is 5.32 Å². The molecular weight excluding hydrogens is 372 g/mol. The molecule has 0 radical (unpaired) electrons. The zero-order valence-electron chi connectivity index (χ0n) is 16.7. The molecule has 154 valence electrons. The topological polar surface area (TPSA) is 105 Å². The summed E-state index contributed by atoms with van der Waals surface area (Å²) in [5.74, 6) is -0.245. The zero-order chi connectivity index (χ0) is 20.6. The van der Waals surface area contributed by atoms with Gasteiger partial charge in [-0.1, -0.05) is 0 Å². The molecule has 3 heterocycles. The molecule has 0 aliphatic rings. The summed E-state index contributed by atoms with van der Waals surface area (Å²) in [6, 6.07) is 7.19. The van der Waals surface area contributed by atoms with Crippen molar-refractivity contribution in [1.82, 2.24) is 30.0 Å². The monoisotopic (exact) mass is 398 g/mol. The van der Waals surface area contributed by atoms with E-state index in [1.54, 1.807) is 28.9 Å². The lowest BCUT2D eigenvalue weighted by molar-refractivity contribution is -0.129. The first-order valence-corrected chi connectivity index (χ1v) is 9.63. The number of carbonyl (C=O) groups excluding carboxylic acids is 2. The Kier molecular flexibility index (Phi) is 6.96. The summed E-state index contributed by atoms with van der Waals surface area (Å²) in [6.07, 6.45) is 3.93. The van der Waals surface area contributed by atoms with Crippen molar-refractivity contribution in [2.75, 3.05) is 33.4 Å². The van der Waals surface area contributed by atoms with Crippen LogP contribution in [0.15, 0.2) is 36.7 Å². The molecule has 9 heteroatoms. The smallest absolute Gasteiger partial charge is 0.269 e. The van der Waals surface area contributed by atoms with Crippen molar-refractivity contribution in [3.8, 4) is 0 Å². The standard InChI is InChI=1S/C20H26N6O3/c1-3-26-10-7-15(24-26)14-19(27)25(2)11-13-29-12-9-22-20(28)18-5-4-16-17(23-18)6-8-21-16/h4-8,10,21H,3,9,11-14H2,1-2H3,(H,22,28). The third kappa shape index (κ3) is 5.64. The fraction of sp³-hybridized carbons (Fsp3) is 0.400. The normalized spacial score (nSPS) is 11.0. The first-order valence-electron chi connectivity index (χ1n) is 9.63. The molecule has 0 bridgehead atoms. The van der Waals surface area contributed by atoms with Crippen molar-refractivity contribution in [2.45, 2.75) is 19.9 Å². The molecule has 0 aliphatic carbocycles. The van der Waals surface area contributed by atoms with Crippen molar-refractivity contribution >= 4 is 22.8 Å². The maximum Gasteiger partial charge on any atom is 0.269 e. The van der Waals surface area contributed by atoms with E-state index >= 15 is 0 Å². The Morgan fingerprint density at radius 2 is 2.10 bits per heavy atom. The van der Waals surface area contributed by atoms with Crippen LogP contribution in [0.1, 0.15) is 23.1 Å². The van der Waals surface area contributed by atoms with Gasteiger partial charge in [-0.15, -0.1) is 0 Å². The van der Waals surface area contributed by atoms with Gasteiger partial charge in [0.05, 0.1) is 36.4 Å². The van der Waals surface area contributed by atoms with Crippen molar-refractivity contribution in [3.05, 3.63) is 48.0 Å². The summed E-state index contributed by atoms with van der Waals surface area (Å²) in [6.45, 7) is 4.40. The van der Waals surface area contributed by atoms with Crippen LogP contribution in [0.3, 0.4) is 0 Å². The minimum Gasteiger partial charge on any atom is -0.378 e. The molecule has 9 nitrogen and oxygen atoms in total. The quantitative estimate of drug-likeness (QED) is 0.500. The molecule has 3 rings (SSSR count). The maximum atomic E-state index is 12.2. The highest BCUT2D eigenvalue weighted by atomic mass is 16.5. The Morgan fingerprint density at radius 1 is 1.24 bits per heavy atom. The predicted molar refractivity (Wildman–Crippen MR) is 108 cm³/mol. The first-order chi connectivity index (χ1) is 14.1. The Hall–Kier alpha value is -3.20. The predicted octanol–water partition coefficient (Wildman–Crippen LogP) is 1.23. The van der Waals surface area contributed by atoms with Gasteiger partial charge in [-0.05, 0) is 31.2 Å². The van der Waals surface area contributed by atoms with Crippen LogP contribution >= 0.6 is 0 Å². The highest BCUT2D eigenvalue weighted by Gasteiger charge is 2.12. The zero-order valence-corrected chi connectivity index (χ0v) is 16.7. The van der Waals surface area contributed by atoms with Gasteiger partial charge in [0.15, 0.2) is 0 Å². The Morgan fingerprint density at radius 3 is 2.90 bits per heavy atom. The number of hydrogen-bond acceptors (Lipinski definition) is 5. The number of aromatic nitrogens is 4. The molecule has 2 N–H and O–H groups in total. The van der Waals surface area contributed by atoms with Gasteiger partial charge in [0, 0.05) is 39.1 Å². The third-order valence-electron chi connectivity index (χ3n) is 4.52. The molecule has 0 saturated heterocycles. The van der Waals surface area contributed by atoms with E-state index in [2.05, 4.69) is 20.4 Å². The summed E-state index contributed by atoms with van der Waals surface area (Å²) < 4.78 is 7.31. The lowest BCUT2D eigenvalue weighted by Crippen LogP contribution is -2.33. The van der Waals surface area contributed by atoms with Crippen molar-refractivity contribution < 1.29 is 14.3 Å². The average Bonchev–Trinajstić information content (AvgIpc) is 3.38. The third-order valence-corrected chi connectivity index (χ3v) is 4.52. The van der Waals surface area contributed by atoms with Crippen LogP contribution in [-0.4, -0.2) is 69.8 Å². The van der Waals surface area contributed by atoms with Gasteiger partial charge >= 0.3 is 0 Å². The minimum absolute atomic E-state index is 0.00511. The molecule has 0 atom stereocenters. The molecule has 0 aliphatic heterocycles. The average molecular weight is 398 g/mol. The number of aromatic amines is 1. The number of rotatable bonds is 10. The number of likely N-dealkylation sites (N-methyl/N-ethyl adjacent to an activating group) is 1. The van der Waals surface area contributed by atoms with Crippen LogP contribution in [0.25, 0.3) is 11.0 Å². The van der Waals surface area contributed by atoms with E-state index in [-0.39, 0.29) is 18.2 Å². The molecular formula is C20H26N6O3. The second-order valence-electron chi connectivity index (χ2n) is 6.63. The van der Waals surface area contributed by atoms with Gasteiger partial charge in [-0.3, -0.25) is 14.3 Å². The Bertz CT molecular complexity index is 964. The van der Waals surface area contributed by atoms with Crippen LogP contribution in [0.5, 0.6) is 0 Å². The second-order valence-corrected chi connectivity index (χ2v) is 6.63. The fourth-order valence-corrected chi connectivity index (χ4v) is 2.78. The number of aryl methyl sites for hydroxylation is 1. The second kappa shape index (κ2) is 9.83. The highest BCUT2D eigenvalue weighted by molar-refractivity contribution is 5.94. The Labute approximate surface area is 169 Å². The number of amides is 2. The van der Waals surface area contributed by atoms with E-state index in [1.807, 2.05) is 31.3 Å². The fourth-order valence-electron chi connectivity index (χ4n) is 2.78. The summed E-state index contributed by atoms with van der Waals surface area (Å²) in [4.78, 5) is 33.3. The lowest BCUT2D eigenvalue weighted by Gasteiger charge is -2.16. The molecule has 0 spiro atoms. The number of hydrogen-bond donors (Lipinski definition) is 2. The van der Waals surface area contributed by atoms with E-state index in [0.29, 0.717) is 32.0 Å². The number of carbonyl (C=O) groups is 2. The number of ether oxygens (including phenoxy) is 1. The maximum absolute atomic E-state index is 12.2. The molecule has 2 amide bonds. The van der Waals surface area contributed by atoms with Gasteiger partial charge in [-0.2, -0.15) is 5.10 Å². The van der Waals surface area contributed by atoms with Crippen LogP contribution in [0.2, 0.25) is 0 Å². The lowest BCUT2D eigenvalue weighted by atomic mass is 10.3. The van der Waals surface area contributed by atoms with Gasteiger partial charge in [0.25, 0.3) is 5.91 Å². The van der Waals surface area contributed by atoms with Crippen LogP contribution in [0.4, 0.5) is 0 Å². The first kappa shape index (κ1) is 20.5. The molecule has 0 aromatic carbocycles. The highest BCUT2D eigenvalue weighted by Crippen LogP contribution is 2.09. The molecule has 0 unspecified atom stereocenters. The summed E-state index contributed by atoms with van der Waals surface area (Å²) in [5, 5.41) is 7.10. The van der Waals surface area contributed by atoms with Gasteiger partial charge < -0.3 is 19.9 Å². The number of pyridine rings is 1. The molecule has 29 heavy (non-hydrogen) atoms. The van der Waals surface area contributed by atoms with Crippen molar-refractivity contribution in [2.24, 2.45) is 0 Å². The number of nitrogens with one attached hydrogen (secondary N) is 2. The number of H-pyrrole nitrogens is 1. The van der Waals surface area contributed by atoms with E-state index in [1.165, 1.54) is 0 Å². The van der Waals surface area contributed by atoms with E-state index in [9.17, 15) is 9.59 Å². The summed E-state index contributed by atoms with van der Waals surface area (Å²) >= 11 is 0. The van der Waals surface area contributed by atoms with E-state index in [4.69, 9.17) is 4.74 Å². The van der Waals surface area contributed by atoms with Gasteiger partial charge in [-0.25, -0.2) is 4.98 Å². The van der Waals surface area contributed by atoms with Crippen LogP contribution in [0, 0.1) is 0 Å². The Balaban J connectivity index is 1.30. The van der Waals surface area contributed by atoms with Gasteiger partial charge in [0.2, 0.25) is 5.91 Å². The van der Waals surface area contributed by atoms with Gasteiger partial charge in [0.1, 0.15) is 5.69 Å². The number of fused-ring (bicyclic) bond motifs is 1. The summed E-state index contributed by atoms with van der Waals surface area (Å²) in [7, 11) is 1.74. The molecule has 3 aromatic rings. The number of nitrogens with zero attached hydrogens (tertiary/aromatic N) is 4. The van der Waals surface area contributed by atoms with E-state index in [0.717, 1.165) is 23.3 Å². The SMILES string of the molecule is CCn1ccc(CC(=O)N(C)CCOCCNC(=O)c2ccc3[nH]ccc3n2)n1. The molecule has 3 aromatic heterocycles. The van der Waals surface area contributed by atoms with Crippen molar-refractivity contribution in [1.29, 1.82) is 0 Å². The minimum atomic E-state index is -0.240. The van der Waals surface area contributed by atoms with E-state index < -0.39 is 0 Å².